The summed E-state index contributed by atoms with van der Waals surface area (Å²) < 4.78 is 0. The second-order valence-electron chi connectivity index (χ2n) is 7.00. The van der Waals surface area contributed by atoms with E-state index in [0.717, 1.165) is 57.8 Å². The van der Waals surface area contributed by atoms with Crippen LogP contribution < -0.4 is 0 Å². The normalized spacial score (nSPS) is 12.7. The van der Waals surface area contributed by atoms with Crippen LogP contribution in [0, 0.1) is 11.3 Å². The fourth-order valence-corrected chi connectivity index (χ4v) is 3.05. The summed E-state index contributed by atoms with van der Waals surface area (Å²) in [6.45, 7) is 10.1. The number of carbonyl (C=O) groups is 2. The van der Waals surface area contributed by atoms with E-state index in [2.05, 4.69) is 35.7 Å². The molecule has 0 aliphatic carbocycles. The third-order valence-electron chi connectivity index (χ3n) is 5.11. The first-order valence-corrected chi connectivity index (χ1v) is 10.3. The molecule has 0 aliphatic heterocycles. The molecule has 0 aromatic rings. The topological polar surface area (TPSA) is 71.1 Å². The third-order valence-corrected chi connectivity index (χ3v) is 5.11. The van der Waals surface area contributed by atoms with Crippen LogP contribution in [0.3, 0.4) is 0 Å². The van der Waals surface area contributed by atoms with Crippen LogP contribution in [-0.2, 0) is 29.4 Å². The van der Waals surface area contributed by atoms with Gasteiger partial charge in [-0.25, -0.2) is 9.59 Å². The highest BCUT2D eigenvalue weighted by molar-refractivity contribution is 5.76. The first kappa shape index (κ1) is 24.9. The van der Waals surface area contributed by atoms with Crippen molar-refractivity contribution < 1.29 is 29.4 Å². The molecule has 6 heteroatoms. The molecular formula is C20H38O6. The van der Waals surface area contributed by atoms with Crippen molar-refractivity contribution in [3.8, 4) is 0 Å². The maximum atomic E-state index is 12.5. The highest BCUT2D eigenvalue weighted by Gasteiger charge is 2.38. The summed E-state index contributed by atoms with van der Waals surface area (Å²) in [6.07, 6.45) is 9.41. The quantitative estimate of drug-likeness (QED) is 0.192. The van der Waals surface area contributed by atoms with E-state index < -0.39 is 17.4 Å². The minimum atomic E-state index is -0.577. The predicted molar refractivity (Wildman–Crippen MR) is 99.4 cm³/mol. The van der Waals surface area contributed by atoms with E-state index in [1.807, 2.05) is 13.8 Å². The molecule has 26 heavy (non-hydrogen) atoms. The lowest BCUT2D eigenvalue weighted by atomic mass is 9.76. The van der Waals surface area contributed by atoms with Crippen molar-refractivity contribution in [3.05, 3.63) is 0 Å². The number of unbranched alkanes of at least 4 members (excludes halogenated alkanes) is 3. The van der Waals surface area contributed by atoms with Gasteiger partial charge < -0.3 is 0 Å². The second kappa shape index (κ2) is 15.0. The molecule has 1 atom stereocenters. The van der Waals surface area contributed by atoms with Crippen molar-refractivity contribution >= 4 is 11.9 Å². The van der Waals surface area contributed by atoms with E-state index >= 15 is 0 Å². The van der Waals surface area contributed by atoms with Gasteiger partial charge in [0.1, 0.15) is 0 Å². The average Bonchev–Trinajstić information content (AvgIpc) is 2.66. The maximum Gasteiger partial charge on any atom is 0.351 e. The molecule has 0 rings (SSSR count). The Morgan fingerprint density at radius 1 is 0.808 bits per heavy atom. The van der Waals surface area contributed by atoms with E-state index in [4.69, 9.17) is 4.89 Å². The van der Waals surface area contributed by atoms with Gasteiger partial charge in [0.05, 0.1) is 11.3 Å². The van der Waals surface area contributed by atoms with Gasteiger partial charge in [0.25, 0.3) is 0 Å². The molecule has 0 bridgehead atoms. The zero-order chi connectivity index (χ0) is 19.8. The monoisotopic (exact) mass is 374 g/mol. The molecule has 0 aromatic heterocycles. The summed E-state index contributed by atoms with van der Waals surface area (Å²) in [6, 6.07) is 0. The van der Waals surface area contributed by atoms with Gasteiger partial charge in [-0.3, -0.25) is 9.78 Å². The molecule has 0 fully saturated rings. The lowest BCUT2D eigenvalue weighted by molar-refractivity contribution is -0.602. The Labute approximate surface area is 158 Å². The van der Waals surface area contributed by atoms with Crippen molar-refractivity contribution in [1.29, 1.82) is 0 Å². The standard InChI is InChI=1S/C20H38O6/c1-6-11-14-17(9-4)18(21)23-25-26-24-19(22)20(10-5,15-12-7-2)16-13-8-3/h17H,6-16H2,1-5H3. The molecule has 0 aliphatic rings. The van der Waals surface area contributed by atoms with Crippen molar-refractivity contribution in [2.24, 2.45) is 11.3 Å². The Morgan fingerprint density at radius 3 is 1.81 bits per heavy atom. The van der Waals surface area contributed by atoms with Crippen LogP contribution in [-0.4, -0.2) is 11.9 Å². The summed E-state index contributed by atoms with van der Waals surface area (Å²) in [5.74, 6) is -1.20. The van der Waals surface area contributed by atoms with Gasteiger partial charge >= 0.3 is 11.9 Å². The molecule has 154 valence electrons. The molecule has 0 N–H and O–H groups in total. The van der Waals surface area contributed by atoms with Crippen LogP contribution in [0.2, 0.25) is 0 Å². The molecule has 0 radical (unpaired) electrons. The van der Waals surface area contributed by atoms with E-state index in [-0.39, 0.29) is 5.92 Å². The molecular weight excluding hydrogens is 336 g/mol. The molecule has 1 unspecified atom stereocenters. The number of hydrogen-bond acceptors (Lipinski definition) is 6. The van der Waals surface area contributed by atoms with Crippen LogP contribution in [0.25, 0.3) is 0 Å². The summed E-state index contributed by atoms with van der Waals surface area (Å²) in [4.78, 5) is 33.8. The SMILES string of the molecule is CCCCC(CC)C(=O)OOOOC(=O)C(CC)(CCCC)CCCC. The van der Waals surface area contributed by atoms with Gasteiger partial charge in [-0.05, 0) is 32.1 Å². The molecule has 0 spiro atoms. The average molecular weight is 375 g/mol. The Morgan fingerprint density at radius 2 is 1.35 bits per heavy atom. The van der Waals surface area contributed by atoms with Crippen LogP contribution in [0.15, 0.2) is 0 Å². The summed E-state index contributed by atoms with van der Waals surface area (Å²) >= 11 is 0. The van der Waals surface area contributed by atoms with Crippen LogP contribution in [0.4, 0.5) is 0 Å². The van der Waals surface area contributed by atoms with Crippen LogP contribution in [0.5, 0.6) is 0 Å². The van der Waals surface area contributed by atoms with E-state index in [1.165, 1.54) is 0 Å². The number of carbonyl (C=O) groups excluding carboxylic acids is 2. The first-order valence-electron chi connectivity index (χ1n) is 10.3. The number of hydrogen-bond donors (Lipinski definition) is 0. The largest absolute Gasteiger partial charge is 0.351 e. The van der Waals surface area contributed by atoms with Crippen molar-refractivity contribution in [2.45, 2.75) is 105 Å². The lowest BCUT2D eigenvalue weighted by Gasteiger charge is -2.29. The molecule has 0 heterocycles. The fraction of sp³-hybridized carbons (Fsp3) is 0.900. The van der Waals surface area contributed by atoms with E-state index in [9.17, 15) is 9.59 Å². The first-order chi connectivity index (χ1) is 12.5. The summed E-state index contributed by atoms with van der Waals surface area (Å²) in [5.41, 5.74) is -0.577. The van der Waals surface area contributed by atoms with E-state index in [1.54, 1.807) is 0 Å². The zero-order valence-electron chi connectivity index (χ0n) is 17.3. The molecule has 0 amide bonds. The van der Waals surface area contributed by atoms with Gasteiger partial charge in [-0.1, -0.05) is 73.1 Å². The smallest absolute Gasteiger partial charge is 0.266 e. The van der Waals surface area contributed by atoms with Crippen molar-refractivity contribution in [1.82, 2.24) is 0 Å². The third kappa shape index (κ3) is 8.99. The maximum absolute atomic E-state index is 12.5. The Hall–Kier alpha value is -1.14. The zero-order valence-corrected chi connectivity index (χ0v) is 17.3. The Bertz CT molecular complexity index is 374. The van der Waals surface area contributed by atoms with Crippen molar-refractivity contribution in [2.75, 3.05) is 0 Å². The van der Waals surface area contributed by atoms with Gasteiger partial charge in [0, 0.05) is 10.1 Å². The summed E-state index contributed by atoms with van der Waals surface area (Å²) in [5, 5.41) is 8.83. The lowest BCUT2D eigenvalue weighted by Crippen LogP contribution is -2.33. The molecule has 0 aromatic carbocycles. The van der Waals surface area contributed by atoms with Crippen LogP contribution in [0.1, 0.15) is 105 Å². The van der Waals surface area contributed by atoms with Crippen molar-refractivity contribution in [3.63, 3.8) is 0 Å². The summed E-state index contributed by atoms with van der Waals surface area (Å²) in [7, 11) is 0. The molecule has 0 saturated heterocycles. The molecule has 0 saturated carbocycles. The predicted octanol–water partition coefficient (Wildman–Crippen LogP) is 5.84. The van der Waals surface area contributed by atoms with Gasteiger partial charge in [0.2, 0.25) is 0 Å². The second-order valence-corrected chi connectivity index (χ2v) is 7.00. The van der Waals surface area contributed by atoms with Gasteiger partial charge in [-0.15, -0.1) is 0 Å². The number of rotatable bonds is 16. The Kier molecular flexibility index (Phi) is 14.3. The molecule has 6 nitrogen and oxygen atoms in total. The Balaban J connectivity index is 4.46. The highest BCUT2D eigenvalue weighted by atomic mass is 17.7. The van der Waals surface area contributed by atoms with E-state index in [0.29, 0.717) is 12.8 Å². The minimum absolute atomic E-state index is 0.238. The van der Waals surface area contributed by atoms with Gasteiger partial charge in [-0.2, -0.15) is 0 Å². The van der Waals surface area contributed by atoms with Crippen LogP contribution >= 0.6 is 0 Å². The fourth-order valence-electron chi connectivity index (χ4n) is 3.05. The van der Waals surface area contributed by atoms with Gasteiger partial charge in [0.15, 0.2) is 0 Å². The highest BCUT2D eigenvalue weighted by Crippen LogP contribution is 2.36. The minimum Gasteiger partial charge on any atom is -0.266 e.